The normalized spacial score (nSPS) is 12.2. The van der Waals surface area contributed by atoms with Crippen LogP contribution in [0.1, 0.15) is 57.5 Å². The van der Waals surface area contributed by atoms with Crippen molar-refractivity contribution in [3.63, 3.8) is 0 Å². The molecule has 168 valence electrons. The SMILES string of the molecule is CC(C)n1c(/C=C/c2ccccc2)c(-c2ccc(C(C)(C)C)cc2)c2cc([N+](=O)[O-])ccc21. The summed E-state index contributed by atoms with van der Waals surface area (Å²) in [6.07, 6.45) is 4.24. The first kappa shape index (κ1) is 22.5. The fourth-order valence-corrected chi connectivity index (χ4v) is 4.34. The average molecular weight is 439 g/mol. The van der Waals surface area contributed by atoms with Crippen molar-refractivity contribution in [2.45, 2.75) is 46.1 Å². The van der Waals surface area contributed by atoms with Crippen LogP contribution in [0.4, 0.5) is 5.69 Å². The molecule has 0 unspecified atom stereocenters. The average Bonchev–Trinajstić information content (AvgIpc) is 3.11. The summed E-state index contributed by atoms with van der Waals surface area (Å²) in [5.41, 5.74) is 6.65. The number of hydrogen-bond donors (Lipinski definition) is 0. The second-order valence-electron chi connectivity index (χ2n) is 9.75. The van der Waals surface area contributed by atoms with Crippen LogP contribution in [-0.2, 0) is 5.41 Å². The molecule has 0 aliphatic carbocycles. The van der Waals surface area contributed by atoms with E-state index in [4.69, 9.17) is 0 Å². The molecular weight excluding hydrogens is 408 g/mol. The Morgan fingerprint density at radius 1 is 0.909 bits per heavy atom. The quantitative estimate of drug-likeness (QED) is 0.232. The molecule has 33 heavy (non-hydrogen) atoms. The minimum Gasteiger partial charge on any atom is -0.338 e. The molecule has 4 heteroatoms. The van der Waals surface area contributed by atoms with Crippen LogP contribution in [0.5, 0.6) is 0 Å². The number of nitrogens with zero attached hydrogens (tertiary/aromatic N) is 2. The van der Waals surface area contributed by atoms with Crippen LogP contribution >= 0.6 is 0 Å². The summed E-state index contributed by atoms with van der Waals surface area (Å²) in [6.45, 7) is 10.9. The summed E-state index contributed by atoms with van der Waals surface area (Å²) < 4.78 is 2.27. The monoisotopic (exact) mass is 438 g/mol. The van der Waals surface area contributed by atoms with Crippen LogP contribution in [0.3, 0.4) is 0 Å². The van der Waals surface area contributed by atoms with Crippen molar-refractivity contribution in [2.75, 3.05) is 0 Å². The Bertz CT molecular complexity index is 1320. The van der Waals surface area contributed by atoms with Gasteiger partial charge in [-0.15, -0.1) is 0 Å². The molecule has 4 nitrogen and oxygen atoms in total. The third-order valence-electron chi connectivity index (χ3n) is 6.02. The highest BCUT2D eigenvalue weighted by molar-refractivity contribution is 6.03. The number of non-ortho nitro benzene ring substituents is 1. The molecule has 0 aliphatic heterocycles. The summed E-state index contributed by atoms with van der Waals surface area (Å²) >= 11 is 0. The minimum absolute atomic E-state index is 0.0549. The smallest absolute Gasteiger partial charge is 0.270 e. The fraction of sp³-hybridized carbons (Fsp3) is 0.241. The highest BCUT2D eigenvalue weighted by atomic mass is 16.6. The minimum atomic E-state index is -0.321. The maximum Gasteiger partial charge on any atom is 0.270 e. The Balaban J connectivity index is 2.01. The predicted octanol–water partition coefficient (Wildman–Crippen LogP) is 8.27. The second kappa shape index (κ2) is 8.70. The van der Waals surface area contributed by atoms with Gasteiger partial charge in [0.05, 0.1) is 4.92 Å². The number of nitro benzene ring substituents is 1. The van der Waals surface area contributed by atoms with Crippen molar-refractivity contribution in [3.05, 3.63) is 99.7 Å². The number of aromatic nitrogens is 1. The van der Waals surface area contributed by atoms with Crippen LogP contribution in [-0.4, -0.2) is 9.49 Å². The van der Waals surface area contributed by atoms with Gasteiger partial charge in [0, 0.05) is 40.3 Å². The lowest BCUT2D eigenvalue weighted by Crippen LogP contribution is -2.10. The van der Waals surface area contributed by atoms with E-state index in [2.05, 4.69) is 87.7 Å². The van der Waals surface area contributed by atoms with E-state index in [1.54, 1.807) is 12.1 Å². The lowest BCUT2D eigenvalue weighted by molar-refractivity contribution is -0.384. The molecule has 0 amide bonds. The van der Waals surface area contributed by atoms with Crippen molar-refractivity contribution >= 4 is 28.7 Å². The first-order chi connectivity index (χ1) is 15.7. The van der Waals surface area contributed by atoms with E-state index in [0.29, 0.717) is 0 Å². The fourth-order valence-electron chi connectivity index (χ4n) is 4.34. The van der Waals surface area contributed by atoms with Crippen molar-refractivity contribution in [3.8, 4) is 11.1 Å². The highest BCUT2D eigenvalue weighted by Gasteiger charge is 2.22. The number of nitro groups is 1. The van der Waals surface area contributed by atoms with Crippen molar-refractivity contribution in [2.24, 2.45) is 0 Å². The molecular formula is C29H30N2O2. The van der Waals surface area contributed by atoms with Crippen molar-refractivity contribution < 1.29 is 4.92 Å². The van der Waals surface area contributed by atoms with Crippen LogP contribution < -0.4 is 0 Å². The zero-order valence-corrected chi connectivity index (χ0v) is 19.9. The molecule has 0 atom stereocenters. The Morgan fingerprint density at radius 3 is 2.15 bits per heavy atom. The van der Waals surface area contributed by atoms with E-state index in [9.17, 15) is 10.1 Å². The first-order valence-corrected chi connectivity index (χ1v) is 11.3. The zero-order valence-electron chi connectivity index (χ0n) is 19.9. The van der Waals surface area contributed by atoms with Gasteiger partial charge in [-0.2, -0.15) is 0 Å². The van der Waals surface area contributed by atoms with Gasteiger partial charge in [0.25, 0.3) is 5.69 Å². The Labute approximate surface area is 195 Å². The van der Waals surface area contributed by atoms with Crippen molar-refractivity contribution in [1.82, 2.24) is 4.57 Å². The molecule has 1 aromatic heterocycles. The maximum absolute atomic E-state index is 11.6. The summed E-state index contributed by atoms with van der Waals surface area (Å²) in [5, 5.41) is 12.5. The van der Waals surface area contributed by atoms with E-state index < -0.39 is 0 Å². The zero-order chi connectivity index (χ0) is 23.8. The molecule has 0 N–H and O–H groups in total. The van der Waals surface area contributed by atoms with Gasteiger partial charge < -0.3 is 4.57 Å². The van der Waals surface area contributed by atoms with E-state index in [1.165, 1.54) is 5.56 Å². The van der Waals surface area contributed by atoms with Gasteiger partial charge in [0.1, 0.15) is 0 Å². The Morgan fingerprint density at radius 2 is 1.58 bits per heavy atom. The van der Waals surface area contributed by atoms with Crippen LogP contribution in [0, 0.1) is 10.1 Å². The number of fused-ring (bicyclic) bond motifs is 1. The molecule has 0 aliphatic rings. The number of rotatable bonds is 5. The Hall–Kier alpha value is -3.66. The van der Waals surface area contributed by atoms with E-state index in [1.807, 2.05) is 24.3 Å². The van der Waals surface area contributed by atoms with Gasteiger partial charge in [0.2, 0.25) is 0 Å². The van der Waals surface area contributed by atoms with Crippen LogP contribution in [0.2, 0.25) is 0 Å². The Kier molecular flexibility index (Phi) is 5.94. The molecule has 1 heterocycles. The molecule has 0 spiro atoms. The van der Waals surface area contributed by atoms with E-state index >= 15 is 0 Å². The number of hydrogen-bond acceptors (Lipinski definition) is 2. The topological polar surface area (TPSA) is 48.1 Å². The van der Waals surface area contributed by atoms with Crippen LogP contribution in [0.25, 0.3) is 34.2 Å². The van der Waals surface area contributed by atoms with E-state index in [-0.39, 0.29) is 22.1 Å². The third kappa shape index (κ3) is 4.47. The molecule has 0 bridgehead atoms. The lowest BCUT2D eigenvalue weighted by atomic mass is 9.86. The molecule has 0 radical (unpaired) electrons. The predicted molar refractivity (Wildman–Crippen MR) is 138 cm³/mol. The molecule has 3 aromatic carbocycles. The van der Waals surface area contributed by atoms with Gasteiger partial charge in [-0.25, -0.2) is 0 Å². The largest absolute Gasteiger partial charge is 0.338 e. The summed E-state index contributed by atoms with van der Waals surface area (Å²) in [7, 11) is 0. The summed E-state index contributed by atoms with van der Waals surface area (Å²) in [5.74, 6) is 0. The molecule has 4 rings (SSSR count). The van der Waals surface area contributed by atoms with Gasteiger partial charge in [-0.05, 0) is 48.1 Å². The standard InChI is InChI=1S/C29H30N2O2/c1-20(2)30-26-18-16-24(31(32)33)19-25(26)28(22-12-14-23(15-13-22)29(3,4)5)27(30)17-11-21-9-7-6-8-10-21/h6-20H,1-5H3/b17-11+. The van der Waals surface area contributed by atoms with E-state index in [0.717, 1.165) is 33.3 Å². The molecule has 0 saturated heterocycles. The highest BCUT2D eigenvalue weighted by Crippen LogP contribution is 2.40. The second-order valence-corrected chi connectivity index (χ2v) is 9.75. The van der Waals surface area contributed by atoms with Gasteiger partial charge in [-0.1, -0.05) is 81.4 Å². The third-order valence-corrected chi connectivity index (χ3v) is 6.02. The van der Waals surface area contributed by atoms with Crippen molar-refractivity contribution in [1.29, 1.82) is 0 Å². The summed E-state index contributed by atoms with van der Waals surface area (Å²) in [6, 6.07) is 24.2. The molecule has 0 saturated carbocycles. The molecule has 4 aromatic rings. The van der Waals surface area contributed by atoms with Gasteiger partial charge >= 0.3 is 0 Å². The molecule has 0 fully saturated rings. The lowest BCUT2D eigenvalue weighted by Gasteiger charge is -2.19. The number of benzene rings is 3. The van der Waals surface area contributed by atoms with Crippen LogP contribution in [0.15, 0.2) is 72.8 Å². The summed E-state index contributed by atoms with van der Waals surface area (Å²) in [4.78, 5) is 11.2. The first-order valence-electron chi connectivity index (χ1n) is 11.3. The maximum atomic E-state index is 11.6. The van der Waals surface area contributed by atoms with Gasteiger partial charge in [-0.3, -0.25) is 10.1 Å². The van der Waals surface area contributed by atoms with Gasteiger partial charge in [0.15, 0.2) is 0 Å².